The van der Waals surface area contributed by atoms with Crippen LogP contribution in [0.15, 0.2) is 36.4 Å². The molecule has 8 heteroatoms. The number of hydrogen-bond acceptors (Lipinski definition) is 5. The maximum atomic E-state index is 13.0. The largest absolute Gasteiger partial charge is 0.324 e. The summed E-state index contributed by atoms with van der Waals surface area (Å²) in [5.41, 5.74) is 0.107. The molecule has 1 N–H and O–H groups in total. The van der Waals surface area contributed by atoms with Gasteiger partial charge in [-0.2, -0.15) is 0 Å². The van der Waals surface area contributed by atoms with Crippen LogP contribution in [0.4, 0.5) is 11.4 Å². The van der Waals surface area contributed by atoms with Crippen molar-refractivity contribution in [1.29, 1.82) is 0 Å². The van der Waals surface area contributed by atoms with Crippen LogP contribution in [0.3, 0.4) is 0 Å². The van der Waals surface area contributed by atoms with Crippen LogP contribution in [0.2, 0.25) is 0 Å². The zero-order chi connectivity index (χ0) is 20.2. The number of non-ortho nitro benzene ring substituents is 1. The van der Waals surface area contributed by atoms with E-state index in [1.807, 2.05) is 12.2 Å². The second-order valence-electron chi connectivity index (χ2n) is 8.03. The van der Waals surface area contributed by atoms with E-state index >= 15 is 0 Å². The number of anilines is 1. The fraction of sp³-hybridized carbons (Fsp3) is 0.450. The highest BCUT2D eigenvalue weighted by molar-refractivity contribution is 6.11. The fourth-order valence-electron chi connectivity index (χ4n) is 4.83. The van der Waals surface area contributed by atoms with Crippen LogP contribution in [-0.2, 0) is 14.4 Å². The van der Waals surface area contributed by atoms with Crippen molar-refractivity contribution in [2.24, 2.45) is 29.6 Å². The Bertz CT molecular complexity index is 879. The van der Waals surface area contributed by atoms with Crippen LogP contribution >= 0.6 is 0 Å². The predicted octanol–water partition coefficient (Wildman–Crippen LogP) is 2.37. The molecule has 146 valence electrons. The highest BCUT2D eigenvalue weighted by atomic mass is 16.6. The summed E-state index contributed by atoms with van der Waals surface area (Å²) in [5.74, 6) is -1.95. The summed E-state index contributed by atoms with van der Waals surface area (Å²) < 4.78 is 0. The van der Waals surface area contributed by atoms with Gasteiger partial charge in [-0.05, 0) is 30.2 Å². The third kappa shape index (κ3) is 2.71. The molecule has 3 aliphatic rings. The number of benzene rings is 1. The number of rotatable bonds is 5. The lowest BCUT2D eigenvalue weighted by molar-refractivity contribution is -0.384. The van der Waals surface area contributed by atoms with Crippen molar-refractivity contribution in [3.05, 3.63) is 46.5 Å². The van der Waals surface area contributed by atoms with Gasteiger partial charge in [0.1, 0.15) is 6.04 Å². The molecule has 1 aromatic rings. The second-order valence-corrected chi connectivity index (χ2v) is 8.03. The first-order valence-corrected chi connectivity index (χ1v) is 9.40. The Labute approximate surface area is 161 Å². The second kappa shape index (κ2) is 6.54. The smallest absolute Gasteiger partial charge is 0.271 e. The quantitative estimate of drug-likeness (QED) is 0.363. The van der Waals surface area contributed by atoms with Crippen molar-refractivity contribution in [3.63, 3.8) is 0 Å². The van der Waals surface area contributed by atoms with Gasteiger partial charge >= 0.3 is 0 Å². The topological polar surface area (TPSA) is 110 Å². The highest BCUT2D eigenvalue weighted by Crippen LogP contribution is 2.53. The van der Waals surface area contributed by atoms with Crippen molar-refractivity contribution in [2.75, 3.05) is 5.32 Å². The van der Waals surface area contributed by atoms with Gasteiger partial charge in [0.25, 0.3) is 5.69 Å². The van der Waals surface area contributed by atoms with Gasteiger partial charge in [-0.1, -0.05) is 32.1 Å². The van der Waals surface area contributed by atoms with Gasteiger partial charge in [0.2, 0.25) is 17.7 Å². The summed E-state index contributed by atoms with van der Waals surface area (Å²) in [4.78, 5) is 50.6. The van der Waals surface area contributed by atoms with Crippen LogP contribution in [0, 0.1) is 39.7 Å². The molecule has 1 heterocycles. The molecule has 0 aromatic heterocycles. The Morgan fingerprint density at radius 2 is 1.79 bits per heavy atom. The summed E-state index contributed by atoms with van der Waals surface area (Å²) >= 11 is 0. The monoisotopic (exact) mass is 383 g/mol. The van der Waals surface area contributed by atoms with E-state index in [1.165, 1.54) is 24.3 Å². The molecule has 0 spiro atoms. The number of nitrogens with zero attached hydrogens (tertiary/aromatic N) is 2. The van der Waals surface area contributed by atoms with Crippen molar-refractivity contribution in [2.45, 2.75) is 26.3 Å². The number of hydrogen-bond donors (Lipinski definition) is 1. The summed E-state index contributed by atoms with van der Waals surface area (Å²) in [6.07, 6.45) is 4.84. The number of likely N-dealkylation sites (tertiary alicyclic amines) is 1. The lowest BCUT2D eigenvalue weighted by Crippen LogP contribution is -2.51. The van der Waals surface area contributed by atoms with E-state index < -0.39 is 16.9 Å². The van der Waals surface area contributed by atoms with Gasteiger partial charge in [-0.3, -0.25) is 29.4 Å². The van der Waals surface area contributed by atoms with E-state index in [-0.39, 0.29) is 52.8 Å². The lowest BCUT2D eigenvalue weighted by Gasteiger charge is -2.29. The molecule has 1 saturated carbocycles. The number of carbonyl (C=O) groups excluding carboxylic acids is 3. The van der Waals surface area contributed by atoms with Crippen LogP contribution < -0.4 is 5.32 Å². The SMILES string of the molecule is CC(C)[C@@H](C(=O)Nc1cccc([N+](=O)[O-])c1)N1C(=O)C2C3C=CC(C3)C2C1=O. The minimum atomic E-state index is -0.954. The molecule has 2 aliphatic carbocycles. The van der Waals surface area contributed by atoms with Crippen LogP contribution in [0.25, 0.3) is 0 Å². The standard InChI is InChI=1S/C20H21N3O5/c1-10(2)17(18(24)21-13-4-3-5-14(9-13)23(27)28)22-19(25)15-11-6-7-12(8-11)16(15)20(22)26/h3-7,9-12,15-17H,8H2,1-2H3,(H,21,24)/t11?,12?,15?,16?,17-/m0/s1. The Kier molecular flexibility index (Phi) is 4.28. The van der Waals surface area contributed by atoms with Gasteiger partial charge in [-0.15, -0.1) is 0 Å². The van der Waals surface area contributed by atoms with E-state index in [9.17, 15) is 24.5 Å². The maximum Gasteiger partial charge on any atom is 0.271 e. The minimum Gasteiger partial charge on any atom is -0.324 e. The van der Waals surface area contributed by atoms with E-state index in [1.54, 1.807) is 13.8 Å². The lowest BCUT2D eigenvalue weighted by atomic mass is 9.85. The summed E-state index contributed by atoms with van der Waals surface area (Å²) in [5, 5.41) is 13.6. The molecule has 1 saturated heterocycles. The molecule has 28 heavy (non-hydrogen) atoms. The number of nitrogens with one attached hydrogen (secondary N) is 1. The van der Waals surface area contributed by atoms with Crippen LogP contribution in [-0.4, -0.2) is 33.6 Å². The normalized spacial score (nSPS) is 28.8. The van der Waals surface area contributed by atoms with Crippen molar-refractivity contribution >= 4 is 29.1 Å². The molecule has 4 rings (SSSR count). The van der Waals surface area contributed by atoms with E-state index in [4.69, 9.17) is 0 Å². The average Bonchev–Trinajstić information content (AvgIpc) is 3.31. The highest BCUT2D eigenvalue weighted by Gasteiger charge is 2.61. The molecule has 1 aliphatic heterocycles. The Hall–Kier alpha value is -3.03. The van der Waals surface area contributed by atoms with E-state index in [0.29, 0.717) is 0 Å². The number of imide groups is 1. The minimum absolute atomic E-state index is 0.0732. The number of nitro groups is 1. The molecule has 1 aromatic carbocycles. The van der Waals surface area contributed by atoms with Crippen molar-refractivity contribution in [3.8, 4) is 0 Å². The molecule has 5 atom stereocenters. The Morgan fingerprint density at radius 1 is 1.18 bits per heavy atom. The molecule has 8 nitrogen and oxygen atoms in total. The summed E-state index contributed by atoms with van der Waals surface area (Å²) in [6.45, 7) is 3.55. The molecular formula is C20H21N3O5. The summed E-state index contributed by atoms with van der Waals surface area (Å²) in [7, 11) is 0. The van der Waals surface area contributed by atoms with Crippen molar-refractivity contribution in [1.82, 2.24) is 4.90 Å². The number of carbonyl (C=O) groups is 3. The fourth-order valence-corrected chi connectivity index (χ4v) is 4.83. The van der Waals surface area contributed by atoms with Gasteiger partial charge < -0.3 is 5.32 Å². The number of amides is 3. The maximum absolute atomic E-state index is 13.0. The molecule has 2 fully saturated rings. The summed E-state index contributed by atoms with van der Waals surface area (Å²) in [6, 6.07) is 4.63. The third-order valence-corrected chi connectivity index (χ3v) is 6.01. The molecular weight excluding hydrogens is 362 g/mol. The number of allylic oxidation sites excluding steroid dienone is 2. The Morgan fingerprint density at radius 3 is 2.32 bits per heavy atom. The average molecular weight is 383 g/mol. The van der Waals surface area contributed by atoms with E-state index in [2.05, 4.69) is 5.32 Å². The first-order chi connectivity index (χ1) is 13.3. The first kappa shape index (κ1) is 18.3. The van der Waals surface area contributed by atoms with Gasteiger partial charge in [0.05, 0.1) is 16.8 Å². The number of nitro benzene ring substituents is 1. The van der Waals surface area contributed by atoms with Gasteiger partial charge in [-0.25, -0.2) is 0 Å². The molecule has 4 unspecified atom stereocenters. The van der Waals surface area contributed by atoms with Crippen LogP contribution in [0.5, 0.6) is 0 Å². The number of fused-ring (bicyclic) bond motifs is 5. The first-order valence-electron chi connectivity index (χ1n) is 9.40. The molecule has 2 bridgehead atoms. The Balaban J connectivity index is 1.59. The zero-order valence-electron chi connectivity index (χ0n) is 15.6. The van der Waals surface area contributed by atoms with Crippen LogP contribution in [0.1, 0.15) is 20.3 Å². The molecule has 3 amide bonds. The predicted molar refractivity (Wildman–Crippen MR) is 99.9 cm³/mol. The third-order valence-electron chi connectivity index (χ3n) is 6.01. The van der Waals surface area contributed by atoms with E-state index in [0.717, 1.165) is 11.3 Å². The zero-order valence-corrected chi connectivity index (χ0v) is 15.6. The van der Waals surface area contributed by atoms with Gasteiger partial charge in [0.15, 0.2) is 0 Å². The van der Waals surface area contributed by atoms with Crippen molar-refractivity contribution < 1.29 is 19.3 Å². The molecule has 0 radical (unpaired) electrons. The van der Waals surface area contributed by atoms with Gasteiger partial charge in [0, 0.05) is 17.8 Å².